The fraction of sp³-hybridized carbons (Fsp3) is 0.450. The van der Waals surface area contributed by atoms with Gasteiger partial charge in [0.2, 0.25) is 0 Å². The maximum atomic E-state index is 12.5. The molecule has 1 saturated heterocycles. The van der Waals surface area contributed by atoms with Crippen molar-refractivity contribution in [1.29, 1.82) is 0 Å². The first-order valence-corrected chi connectivity index (χ1v) is 9.07. The summed E-state index contributed by atoms with van der Waals surface area (Å²) >= 11 is 0. The summed E-state index contributed by atoms with van der Waals surface area (Å²) in [4.78, 5) is 14.8. The second kappa shape index (κ2) is 7.64. The minimum absolute atomic E-state index is 0.224. The molecule has 1 aromatic carbocycles. The molecule has 1 aliphatic rings. The molecular weight excluding hydrogens is 312 g/mol. The first kappa shape index (κ1) is 17.4. The Morgan fingerprint density at radius 2 is 2.04 bits per heavy atom. The van der Waals surface area contributed by atoms with Crippen molar-refractivity contribution in [3.63, 3.8) is 0 Å². The van der Waals surface area contributed by atoms with Crippen LogP contribution in [0.15, 0.2) is 30.3 Å². The zero-order valence-electron chi connectivity index (χ0n) is 15.2. The number of hydrogen-bond acceptors (Lipinski definition) is 4. The summed E-state index contributed by atoms with van der Waals surface area (Å²) in [7, 11) is 0. The number of hydrogen-bond donors (Lipinski definition) is 1. The van der Waals surface area contributed by atoms with Gasteiger partial charge in [0.25, 0.3) is 5.91 Å². The largest absolute Gasteiger partial charge is 0.352 e. The third-order valence-electron chi connectivity index (χ3n) is 4.92. The molecule has 0 saturated carbocycles. The van der Waals surface area contributed by atoms with Crippen LogP contribution in [0.25, 0.3) is 0 Å². The molecule has 0 aliphatic carbocycles. The van der Waals surface area contributed by atoms with Crippen LogP contribution in [0.3, 0.4) is 0 Å². The number of carbonyl (C=O) groups excluding carboxylic acids is 1. The molecule has 2 aromatic rings. The van der Waals surface area contributed by atoms with E-state index in [4.69, 9.17) is 0 Å². The van der Waals surface area contributed by atoms with Gasteiger partial charge in [-0.15, -0.1) is 10.2 Å². The van der Waals surface area contributed by atoms with Crippen LogP contribution in [0.4, 0.5) is 11.5 Å². The molecule has 132 valence electrons. The second-order valence-corrected chi connectivity index (χ2v) is 6.80. The summed E-state index contributed by atoms with van der Waals surface area (Å²) in [5.74, 6) is 0.647. The molecule has 1 unspecified atom stereocenters. The van der Waals surface area contributed by atoms with Crippen molar-refractivity contribution in [2.24, 2.45) is 0 Å². The Kier molecular flexibility index (Phi) is 5.31. The van der Waals surface area contributed by atoms with Crippen LogP contribution in [0.5, 0.6) is 0 Å². The number of carbonyl (C=O) groups is 1. The van der Waals surface area contributed by atoms with Gasteiger partial charge in [0.05, 0.1) is 0 Å². The third-order valence-corrected chi connectivity index (χ3v) is 4.92. The van der Waals surface area contributed by atoms with E-state index < -0.39 is 0 Å². The van der Waals surface area contributed by atoms with E-state index in [-0.39, 0.29) is 5.91 Å². The molecule has 1 aromatic heterocycles. The summed E-state index contributed by atoms with van der Waals surface area (Å²) in [6.07, 6.45) is 4.77. The lowest BCUT2D eigenvalue weighted by atomic mass is 10.0. The molecule has 0 bridgehead atoms. The second-order valence-electron chi connectivity index (χ2n) is 6.80. The van der Waals surface area contributed by atoms with Crippen molar-refractivity contribution >= 4 is 17.4 Å². The SMILES string of the molecule is CCC1CCCCN1c1ccc(C(=O)Nc2cc(C)ccc2C)nn1. The van der Waals surface area contributed by atoms with E-state index in [2.05, 4.69) is 27.3 Å². The zero-order valence-corrected chi connectivity index (χ0v) is 15.2. The van der Waals surface area contributed by atoms with E-state index in [1.165, 1.54) is 19.3 Å². The monoisotopic (exact) mass is 338 g/mol. The molecule has 1 atom stereocenters. The number of nitrogens with zero attached hydrogens (tertiary/aromatic N) is 3. The Hall–Kier alpha value is -2.43. The maximum Gasteiger partial charge on any atom is 0.276 e. The smallest absolute Gasteiger partial charge is 0.276 e. The van der Waals surface area contributed by atoms with E-state index in [1.54, 1.807) is 6.07 Å². The predicted octanol–water partition coefficient (Wildman–Crippen LogP) is 4.11. The summed E-state index contributed by atoms with van der Waals surface area (Å²) in [6.45, 7) is 7.21. The lowest BCUT2D eigenvalue weighted by molar-refractivity contribution is 0.102. The molecule has 1 N–H and O–H groups in total. The van der Waals surface area contributed by atoms with Crippen LogP contribution < -0.4 is 10.2 Å². The van der Waals surface area contributed by atoms with Gasteiger partial charge >= 0.3 is 0 Å². The Bertz CT molecular complexity index is 742. The Morgan fingerprint density at radius 1 is 1.20 bits per heavy atom. The van der Waals surface area contributed by atoms with Gasteiger partial charge in [0.15, 0.2) is 11.5 Å². The molecule has 0 spiro atoms. The summed E-state index contributed by atoms with van der Waals surface area (Å²) in [5.41, 5.74) is 3.30. The van der Waals surface area contributed by atoms with Gasteiger partial charge in [-0.1, -0.05) is 19.1 Å². The number of piperidine rings is 1. The predicted molar refractivity (Wildman–Crippen MR) is 101 cm³/mol. The highest BCUT2D eigenvalue weighted by Gasteiger charge is 2.22. The van der Waals surface area contributed by atoms with E-state index in [0.717, 1.165) is 35.6 Å². The van der Waals surface area contributed by atoms with E-state index >= 15 is 0 Å². The van der Waals surface area contributed by atoms with Crippen LogP contribution >= 0.6 is 0 Å². The summed E-state index contributed by atoms with van der Waals surface area (Å²) < 4.78 is 0. The highest BCUT2D eigenvalue weighted by atomic mass is 16.1. The highest BCUT2D eigenvalue weighted by molar-refractivity contribution is 6.03. The average Bonchev–Trinajstić information content (AvgIpc) is 2.64. The minimum Gasteiger partial charge on any atom is -0.352 e. The van der Waals surface area contributed by atoms with Crippen molar-refractivity contribution in [1.82, 2.24) is 10.2 Å². The molecule has 1 aliphatic heterocycles. The molecule has 5 heteroatoms. The average molecular weight is 338 g/mol. The van der Waals surface area contributed by atoms with Crippen molar-refractivity contribution < 1.29 is 4.79 Å². The third kappa shape index (κ3) is 3.98. The maximum absolute atomic E-state index is 12.5. The number of anilines is 2. The van der Waals surface area contributed by atoms with E-state index in [1.807, 2.05) is 38.1 Å². The van der Waals surface area contributed by atoms with Crippen LogP contribution in [0.1, 0.15) is 54.2 Å². The molecule has 25 heavy (non-hydrogen) atoms. The number of aryl methyl sites for hydroxylation is 2. The molecule has 1 amide bonds. The first-order valence-electron chi connectivity index (χ1n) is 9.07. The molecular formula is C20H26N4O. The van der Waals surface area contributed by atoms with Gasteiger partial charge < -0.3 is 10.2 Å². The zero-order chi connectivity index (χ0) is 17.8. The van der Waals surface area contributed by atoms with E-state index in [0.29, 0.717) is 11.7 Å². The number of nitrogens with one attached hydrogen (secondary N) is 1. The number of rotatable bonds is 4. The van der Waals surface area contributed by atoms with Crippen molar-refractivity contribution in [2.75, 3.05) is 16.8 Å². The number of benzene rings is 1. The van der Waals surface area contributed by atoms with E-state index in [9.17, 15) is 4.79 Å². The summed E-state index contributed by atoms with van der Waals surface area (Å²) in [5, 5.41) is 11.4. The summed E-state index contributed by atoms with van der Waals surface area (Å²) in [6, 6.07) is 10.2. The topological polar surface area (TPSA) is 58.1 Å². The lowest BCUT2D eigenvalue weighted by Gasteiger charge is -2.35. The molecule has 2 heterocycles. The van der Waals surface area contributed by atoms with Crippen molar-refractivity contribution in [2.45, 2.75) is 52.5 Å². The minimum atomic E-state index is -0.224. The molecule has 1 fully saturated rings. The lowest BCUT2D eigenvalue weighted by Crippen LogP contribution is -2.39. The normalized spacial score (nSPS) is 17.4. The van der Waals surface area contributed by atoms with Gasteiger partial charge in [0, 0.05) is 18.3 Å². The van der Waals surface area contributed by atoms with Crippen LogP contribution in [0.2, 0.25) is 0 Å². The van der Waals surface area contributed by atoms with Gasteiger partial charge in [0.1, 0.15) is 0 Å². The Labute approximate surface area is 149 Å². The Morgan fingerprint density at radius 3 is 2.76 bits per heavy atom. The molecule has 0 radical (unpaired) electrons. The van der Waals surface area contributed by atoms with Gasteiger partial charge in [-0.3, -0.25) is 4.79 Å². The molecule has 5 nitrogen and oxygen atoms in total. The van der Waals surface area contributed by atoms with Crippen LogP contribution in [0, 0.1) is 13.8 Å². The molecule has 3 rings (SSSR count). The Balaban J connectivity index is 1.73. The number of amides is 1. The van der Waals surface area contributed by atoms with Crippen LogP contribution in [-0.2, 0) is 0 Å². The standard InChI is InChI=1S/C20H26N4O/c1-4-16-7-5-6-12-24(16)19-11-10-17(22-23-19)20(25)21-18-13-14(2)8-9-15(18)3/h8-11,13,16H,4-7,12H2,1-3H3,(H,21,25). The highest BCUT2D eigenvalue weighted by Crippen LogP contribution is 2.24. The first-order chi connectivity index (χ1) is 12.1. The van der Waals surface area contributed by atoms with Crippen LogP contribution in [-0.4, -0.2) is 28.7 Å². The van der Waals surface area contributed by atoms with Crippen molar-refractivity contribution in [3.8, 4) is 0 Å². The quantitative estimate of drug-likeness (QED) is 0.911. The van der Waals surface area contributed by atoms with Gasteiger partial charge in [-0.2, -0.15) is 0 Å². The fourth-order valence-electron chi connectivity index (χ4n) is 3.38. The fourth-order valence-corrected chi connectivity index (χ4v) is 3.38. The van der Waals surface area contributed by atoms with Gasteiger partial charge in [-0.05, 0) is 68.9 Å². The number of aromatic nitrogens is 2. The van der Waals surface area contributed by atoms with Crippen molar-refractivity contribution in [3.05, 3.63) is 47.2 Å². The van der Waals surface area contributed by atoms with Gasteiger partial charge in [-0.25, -0.2) is 0 Å².